The van der Waals surface area contributed by atoms with Gasteiger partial charge >= 0.3 is 0 Å². The lowest BCUT2D eigenvalue weighted by atomic mass is 10.1. The van der Waals surface area contributed by atoms with E-state index in [9.17, 15) is 9.59 Å². The number of carbonyl (C=O) groups excluding carboxylic acids is 2. The predicted octanol–water partition coefficient (Wildman–Crippen LogP) is 1.06. The lowest BCUT2D eigenvalue weighted by Gasteiger charge is -2.20. The highest BCUT2D eigenvalue weighted by molar-refractivity contribution is 5.95. The minimum atomic E-state index is -0.102. The molecule has 1 N–H and O–H groups in total. The molecule has 0 aromatic heterocycles. The lowest BCUT2D eigenvalue weighted by Crippen LogP contribution is -2.34. The number of hydrogen-bond acceptors (Lipinski definition) is 4. The maximum atomic E-state index is 12.5. The first-order chi connectivity index (χ1) is 10.2. The van der Waals surface area contributed by atoms with Gasteiger partial charge in [-0.1, -0.05) is 0 Å². The van der Waals surface area contributed by atoms with Gasteiger partial charge in [0.1, 0.15) is 0 Å². The summed E-state index contributed by atoms with van der Waals surface area (Å²) in [6.45, 7) is 3.80. The molecule has 1 aliphatic heterocycles. The van der Waals surface area contributed by atoms with E-state index in [1.54, 1.807) is 30.2 Å². The van der Waals surface area contributed by atoms with E-state index in [0.29, 0.717) is 49.7 Å². The highest BCUT2D eigenvalue weighted by atomic mass is 16.5. The first kappa shape index (κ1) is 15.2. The Kier molecular flexibility index (Phi) is 5.03. The minimum absolute atomic E-state index is 0.0185. The number of nitrogens with one attached hydrogen (secondary N) is 1. The summed E-state index contributed by atoms with van der Waals surface area (Å²) in [7, 11) is 1.56. The van der Waals surface area contributed by atoms with Crippen LogP contribution in [0.2, 0.25) is 0 Å². The van der Waals surface area contributed by atoms with Crippen LogP contribution in [0.15, 0.2) is 18.2 Å². The standard InChI is InChI=1S/C15H20N2O4/c1-3-21-13-10-11(4-5-12(13)20-2)15(19)17-8-6-14(18)16-7-9-17/h4-5,10H,3,6-9H2,1-2H3,(H,16,18). The molecule has 1 aromatic carbocycles. The zero-order valence-electron chi connectivity index (χ0n) is 12.3. The smallest absolute Gasteiger partial charge is 0.254 e. The first-order valence-electron chi connectivity index (χ1n) is 7.02. The van der Waals surface area contributed by atoms with Crippen molar-refractivity contribution in [2.45, 2.75) is 13.3 Å². The topological polar surface area (TPSA) is 67.9 Å². The quantitative estimate of drug-likeness (QED) is 0.901. The minimum Gasteiger partial charge on any atom is -0.493 e. The van der Waals surface area contributed by atoms with E-state index >= 15 is 0 Å². The number of nitrogens with zero attached hydrogens (tertiary/aromatic N) is 1. The maximum Gasteiger partial charge on any atom is 0.254 e. The number of hydrogen-bond donors (Lipinski definition) is 1. The van der Waals surface area contributed by atoms with Gasteiger partial charge in [0, 0.05) is 31.6 Å². The Labute approximate surface area is 124 Å². The van der Waals surface area contributed by atoms with Crippen molar-refractivity contribution in [1.82, 2.24) is 10.2 Å². The monoisotopic (exact) mass is 292 g/mol. The van der Waals surface area contributed by atoms with Gasteiger partial charge in [-0.05, 0) is 25.1 Å². The Morgan fingerprint density at radius 2 is 2.14 bits per heavy atom. The second kappa shape index (κ2) is 6.97. The Hall–Kier alpha value is -2.24. The van der Waals surface area contributed by atoms with Gasteiger partial charge in [0.15, 0.2) is 11.5 Å². The van der Waals surface area contributed by atoms with Gasteiger partial charge in [-0.2, -0.15) is 0 Å². The summed E-state index contributed by atoms with van der Waals surface area (Å²) in [6.07, 6.45) is 0.334. The molecule has 0 bridgehead atoms. The van der Waals surface area contributed by atoms with Crippen LogP contribution in [0.1, 0.15) is 23.7 Å². The highest BCUT2D eigenvalue weighted by Crippen LogP contribution is 2.28. The van der Waals surface area contributed by atoms with Crippen molar-refractivity contribution < 1.29 is 19.1 Å². The summed E-state index contributed by atoms with van der Waals surface area (Å²) in [5.74, 6) is 1.03. The van der Waals surface area contributed by atoms with Gasteiger partial charge in [0.25, 0.3) is 5.91 Å². The van der Waals surface area contributed by atoms with Crippen LogP contribution in [0.5, 0.6) is 11.5 Å². The Balaban J connectivity index is 2.18. The van der Waals surface area contributed by atoms with Crippen LogP contribution in [0, 0.1) is 0 Å². The van der Waals surface area contributed by atoms with Crippen LogP contribution in [-0.4, -0.2) is 50.1 Å². The summed E-state index contributed by atoms with van der Waals surface area (Å²) >= 11 is 0. The molecule has 0 unspecified atom stereocenters. The summed E-state index contributed by atoms with van der Waals surface area (Å²) < 4.78 is 10.7. The lowest BCUT2D eigenvalue weighted by molar-refractivity contribution is -0.120. The highest BCUT2D eigenvalue weighted by Gasteiger charge is 2.20. The van der Waals surface area contributed by atoms with Crippen molar-refractivity contribution in [3.63, 3.8) is 0 Å². The molecule has 1 aliphatic rings. The van der Waals surface area contributed by atoms with E-state index in [1.807, 2.05) is 6.92 Å². The molecule has 1 saturated heterocycles. The van der Waals surface area contributed by atoms with E-state index in [4.69, 9.17) is 9.47 Å². The van der Waals surface area contributed by atoms with Crippen molar-refractivity contribution in [3.05, 3.63) is 23.8 Å². The van der Waals surface area contributed by atoms with E-state index in [-0.39, 0.29) is 11.8 Å². The fourth-order valence-electron chi connectivity index (χ4n) is 2.23. The number of amides is 2. The fraction of sp³-hybridized carbons (Fsp3) is 0.467. The Bertz CT molecular complexity index is 530. The first-order valence-corrected chi connectivity index (χ1v) is 7.02. The van der Waals surface area contributed by atoms with Crippen LogP contribution in [0.25, 0.3) is 0 Å². The fourth-order valence-corrected chi connectivity index (χ4v) is 2.23. The van der Waals surface area contributed by atoms with Gasteiger partial charge in [-0.15, -0.1) is 0 Å². The number of carbonyl (C=O) groups is 2. The molecule has 0 saturated carbocycles. The van der Waals surface area contributed by atoms with Crippen molar-refractivity contribution >= 4 is 11.8 Å². The van der Waals surface area contributed by atoms with Crippen molar-refractivity contribution in [2.24, 2.45) is 0 Å². The van der Waals surface area contributed by atoms with Gasteiger partial charge < -0.3 is 19.7 Å². The Morgan fingerprint density at radius 1 is 1.33 bits per heavy atom. The molecule has 2 amide bonds. The molecule has 1 fully saturated rings. The molecule has 0 atom stereocenters. The van der Waals surface area contributed by atoms with Crippen molar-refractivity contribution in [2.75, 3.05) is 33.4 Å². The molecular formula is C15H20N2O4. The van der Waals surface area contributed by atoms with Gasteiger partial charge in [0.2, 0.25) is 5.91 Å². The van der Waals surface area contributed by atoms with Gasteiger partial charge in [-0.3, -0.25) is 9.59 Å². The number of ether oxygens (including phenoxy) is 2. The molecule has 1 aromatic rings. The molecule has 1 heterocycles. The van der Waals surface area contributed by atoms with Crippen LogP contribution in [0.3, 0.4) is 0 Å². The van der Waals surface area contributed by atoms with E-state index < -0.39 is 0 Å². The third kappa shape index (κ3) is 3.65. The Morgan fingerprint density at radius 3 is 2.86 bits per heavy atom. The van der Waals surface area contributed by atoms with Crippen LogP contribution in [-0.2, 0) is 4.79 Å². The molecule has 0 radical (unpaired) electrons. The van der Waals surface area contributed by atoms with Crippen molar-refractivity contribution in [1.29, 1.82) is 0 Å². The van der Waals surface area contributed by atoms with E-state index in [2.05, 4.69) is 5.32 Å². The summed E-state index contributed by atoms with van der Waals surface area (Å²) in [6, 6.07) is 5.12. The third-order valence-corrected chi connectivity index (χ3v) is 3.31. The zero-order valence-corrected chi connectivity index (χ0v) is 12.3. The van der Waals surface area contributed by atoms with E-state index in [1.165, 1.54) is 0 Å². The molecule has 0 aliphatic carbocycles. The number of benzene rings is 1. The molecule has 0 spiro atoms. The summed E-state index contributed by atoms with van der Waals surface area (Å²) in [5.41, 5.74) is 0.536. The second-order valence-corrected chi connectivity index (χ2v) is 4.69. The molecular weight excluding hydrogens is 272 g/mol. The van der Waals surface area contributed by atoms with Crippen LogP contribution in [0.4, 0.5) is 0 Å². The zero-order chi connectivity index (χ0) is 15.2. The number of rotatable bonds is 4. The average Bonchev–Trinajstić information content (AvgIpc) is 2.71. The largest absolute Gasteiger partial charge is 0.493 e. The van der Waals surface area contributed by atoms with Crippen LogP contribution < -0.4 is 14.8 Å². The van der Waals surface area contributed by atoms with Crippen molar-refractivity contribution in [3.8, 4) is 11.5 Å². The number of methoxy groups -OCH3 is 1. The van der Waals surface area contributed by atoms with Gasteiger partial charge in [0.05, 0.1) is 13.7 Å². The summed E-state index contributed by atoms with van der Waals surface area (Å²) in [5, 5.41) is 2.75. The molecule has 114 valence electrons. The maximum absolute atomic E-state index is 12.5. The van der Waals surface area contributed by atoms with Gasteiger partial charge in [-0.25, -0.2) is 0 Å². The SMILES string of the molecule is CCOc1cc(C(=O)N2CCNC(=O)CC2)ccc1OC. The molecule has 21 heavy (non-hydrogen) atoms. The normalized spacial score (nSPS) is 15.1. The molecule has 2 rings (SSSR count). The molecule has 6 nitrogen and oxygen atoms in total. The molecule has 6 heteroatoms. The van der Waals surface area contributed by atoms with E-state index in [0.717, 1.165) is 0 Å². The predicted molar refractivity (Wildman–Crippen MR) is 77.7 cm³/mol. The average molecular weight is 292 g/mol. The van der Waals surface area contributed by atoms with Crippen LogP contribution >= 0.6 is 0 Å². The second-order valence-electron chi connectivity index (χ2n) is 4.69. The third-order valence-electron chi connectivity index (χ3n) is 3.31. The summed E-state index contributed by atoms with van der Waals surface area (Å²) in [4.78, 5) is 25.5.